The molecule has 2 aliphatic rings. The number of hydrogen-bond donors (Lipinski definition) is 1. The van der Waals surface area contributed by atoms with Crippen molar-refractivity contribution in [3.05, 3.63) is 23.8 Å². The largest absolute Gasteiger partial charge is 0.497 e. The lowest BCUT2D eigenvalue weighted by Gasteiger charge is -2.44. The van der Waals surface area contributed by atoms with Gasteiger partial charge in [0.15, 0.2) is 0 Å². The molecule has 3 rings (SSSR count). The Morgan fingerprint density at radius 3 is 3.05 bits per heavy atom. The molecule has 1 fully saturated rings. The van der Waals surface area contributed by atoms with E-state index in [-0.39, 0.29) is 5.60 Å². The standard InChI is InChI=1S/C15H21NO2S/c1-16-13-9-15(6-3-7-19-10-15)18-14-5-4-11(17-2)8-12(13)14/h4-5,8,13,16H,3,6-7,9-10H2,1-2H3. The quantitative estimate of drug-likeness (QED) is 0.901. The first-order valence-electron chi connectivity index (χ1n) is 6.88. The molecule has 19 heavy (non-hydrogen) atoms. The molecule has 2 heterocycles. The fourth-order valence-corrected chi connectivity index (χ4v) is 4.29. The van der Waals surface area contributed by atoms with E-state index < -0.39 is 0 Å². The summed E-state index contributed by atoms with van der Waals surface area (Å²) in [6.07, 6.45) is 3.48. The Labute approximate surface area is 119 Å². The number of fused-ring (bicyclic) bond motifs is 1. The number of rotatable bonds is 2. The Morgan fingerprint density at radius 1 is 1.47 bits per heavy atom. The fourth-order valence-electron chi connectivity index (χ4n) is 3.10. The zero-order valence-electron chi connectivity index (χ0n) is 11.6. The van der Waals surface area contributed by atoms with Crippen molar-refractivity contribution < 1.29 is 9.47 Å². The van der Waals surface area contributed by atoms with Crippen molar-refractivity contribution in [3.63, 3.8) is 0 Å². The molecular formula is C15H21NO2S. The van der Waals surface area contributed by atoms with Crippen molar-refractivity contribution in [1.82, 2.24) is 5.32 Å². The van der Waals surface area contributed by atoms with E-state index in [1.165, 1.54) is 24.2 Å². The molecule has 0 radical (unpaired) electrons. The highest BCUT2D eigenvalue weighted by atomic mass is 32.2. The van der Waals surface area contributed by atoms with E-state index in [0.29, 0.717) is 6.04 Å². The predicted molar refractivity (Wildman–Crippen MR) is 79.3 cm³/mol. The maximum absolute atomic E-state index is 6.38. The van der Waals surface area contributed by atoms with Crippen LogP contribution in [0.4, 0.5) is 0 Å². The van der Waals surface area contributed by atoms with Crippen LogP contribution in [0.3, 0.4) is 0 Å². The third-order valence-electron chi connectivity index (χ3n) is 4.13. The minimum Gasteiger partial charge on any atom is -0.497 e. The molecule has 2 unspecified atom stereocenters. The SMILES string of the molecule is CNC1CC2(CCCSC2)Oc2ccc(OC)cc21. The van der Waals surface area contributed by atoms with Crippen LogP contribution in [-0.2, 0) is 0 Å². The summed E-state index contributed by atoms with van der Waals surface area (Å²) in [5.74, 6) is 4.30. The van der Waals surface area contributed by atoms with Gasteiger partial charge in [-0.2, -0.15) is 11.8 Å². The summed E-state index contributed by atoms with van der Waals surface area (Å²) in [5, 5.41) is 3.44. The molecule has 0 aromatic heterocycles. The van der Waals surface area contributed by atoms with E-state index in [1.54, 1.807) is 7.11 Å². The molecule has 1 aromatic rings. The lowest BCUT2D eigenvalue weighted by Crippen LogP contribution is -2.47. The molecule has 4 heteroatoms. The summed E-state index contributed by atoms with van der Waals surface area (Å²) in [5.41, 5.74) is 1.25. The van der Waals surface area contributed by atoms with Gasteiger partial charge in [0.05, 0.1) is 7.11 Å². The Hall–Kier alpha value is -0.870. The maximum Gasteiger partial charge on any atom is 0.125 e. The molecule has 2 atom stereocenters. The van der Waals surface area contributed by atoms with Gasteiger partial charge in [-0.15, -0.1) is 0 Å². The fraction of sp³-hybridized carbons (Fsp3) is 0.600. The summed E-state index contributed by atoms with van der Waals surface area (Å²) in [6, 6.07) is 6.50. The number of nitrogens with one attached hydrogen (secondary N) is 1. The van der Waals surface area contributed by atoms with Crippen LogP contribution in [0, 0.1) is 0 Å². The van der Waals surface area contributed by atoms with Crippen molar-refractivity contribution in [1.29, 1.82) is 0 Å². The highest BCUT2D eigenvalue weighted by Crippen LogP contribution is 2.45. The van der Waals surface area contributed by atoms with Gasteiger partial charge in [-0.3, -0.25) is 0 Å². The molecule has 1 spiro atoms. The second kappa shape index (κ2) is 5.25. The first kappa shape index (κ1) is 13.1. The number of ether oxygens (including phenoxy) is 2. The highest BCUT2D eigenvalue weighted by molar-refractivity contribution is 7.99. The van der Waals surface area contributed by atoms with Gasteiger partial charge in [0.2, 0.25) is 0 Å². The van der Waals surface area contributed by atoms with Crippen LogP contribution in [0.1, 0.15) is 30.9 Å². The van der Waals surface area contributed by atoms with Crippen LogP contribution in [0.5, 0.6) is 11.5 Å². The molecular weight excluding hydrogens is 258 g/mol. The van der Waals surface area contributed by atoms with Gasteiger partial charge in [0, 0.05) is 23.8 Å². The average Bonchev–Trinajstić information content (AvgIpc) is 2.47. The van der Waals surface area contributed by atoms with Gasteiger partial charge < -0.3 is 14.8 Å². The van der Waals surface area contributed by atoms with Crippen LogP contribution in [-0.4, -0.2) is 31.3 Å². The zero-order chi connectivity index (χ0) is 13.3. The third kappa shape index (κ3) is 2.43. The molecule has 104 valence electrons. The van der Waals surface area contributed by atoms with Gasteiger partial charge in [0.1, 0.15) is 17.1 Å². The lowest BCUT2D eigenvalue weighted by molar-refractivity contribution is 0.0423. The zero-order valence-corrected chi connectivity index (χ0v) is 12.4. The number of thioether (sulfide) groups is 1. The second-order valence-corrected chi connectivity index (χ2v) is 6.50. The summed E-state index contributed by atoms with van der Waals surface area (Å²) >= 11 is 2.02. The van der Waals surface area contributed by atoms with E-state index in [0.717, 1.165) is 23.7 Å². The first-order chi connectivity index (χ1) is 9.26. The molecule has 1 saturated heterocycles. The van der Waals surface area contributed by atoms with Crippen LogP contribution < -0.4 is 14.8 Å². The van der Waals surface area contributed by atoms with E-state index >= 15 is 0 Å². The summed E-state index contributed by atoms with van der Waals surface area (Å²) < 4.78 is 11.7. The van der Waals surface area contributed by atoms with Crippen molar-refractivity contribution in [3.8, 4) is 11.5 Å². The van der Waals surface area contributed by atoms with Crippen LogP contribution in [0.15, 0.2) is 18.2 Å². The van der Waals surface area contributed by atoms with E-state index in [4.69, 9.17) is 9.47 Å². The number of hydrogen-bond acceptors (Lipinski definition) is 4. The van der Waals surface area contributed by atoms with E-state index in [9.17, 15) is 0 Å². The smallest absolute Gasteiger partial charge is 0.125 e. The van der Waals surface area contributed by atoms with Crippen molar-refractivity contribution in [2.75, 3.05) is 25.7 Å². The Bertz CT molecular complexity index is 457. The van der Waals surface area contributed by atoms with Crippen molar-refractivity contribution >= 4 is 11.8 Å². The molecule has 0 aliphatic carbocycles. The third-order valence-corrected chi connectivity index (χ3v) is 5.44. The summed E-state index contributed by atoms with van der Waals surface area (Å²) in [4.78, 5) is 0. The summed E-state index contributed by atoms with van der Waals surface area (Å²) in [6.45, 7) is 0. The first-order valence-corrected chi connectivity index (χ1v) is 8.04. The second-order valence-electron chi connectivity index (χ2n) is 5.39. The van der Waals surface area contributed by atoms with Gasteiger partial charge in [0.25, 0.3) is 0 Å². The lowest BCUT2D eigenvalue weighted by atomic mass is 9.85. The summed E-state index contributed by atoms with van der Waals surface area (Å²) in [7, 11) is 3.74. The monoisotopic (exact) mass is 279 g/mol. The molecule has 2 aliphatic heterocycles. The Balaban J connectivity index is 1.94. The van der Waals surface area contributed by atoms with Gasteiger partial charge in [-0.1, -0.05) is 0 Å². The van der Waals surface area contributed by atoms with Gasteiger partial charge in [-0.05, 0) is 43.8 Å². The molecule has 1 aromatic carbocycles. The highest BCUT2D eigenvalue weighted by Gasteiger charge is 2.41. The number of benzene rings is 1. The molecule has 0 saturated carbocycles. The van der Waals surface area contributed by atoms with E-state index in [2.05, 4.69) is 17.4 Å². The predicted octanol–water partition coefficient (Wildman–Crippen LogP) is 3.00. The van der Waals surface area contributed by atoms with Crippen molar-refractivity contribution in [2.45, 2.75) is 30.9 Å². The van der Waals surface area contributed by atoms with Gasteiger partial charge in [-0.25, -0.2) is 0 Å². The molecule has 1 N–H and O–H groups in total. The minimum atomic E-state index is 0.0260. The Kier molecular flexibility index (Phi) is 3.63. The Morgan fingerprint density at radius 2 is 2.37 bits per heavy atom. The molecule has 0 amide bonds. The number of methoxy groups -OCH3 is 1. The van der Waals surface area contributed by atoms with Gasteiger partial charge >= 0.3 is 0 Å². The van der Waals surface area contributed by atoms with Crippen LogP contribution in [0.25, 0.3) is 0 Å². The van der Waals surface area contributed by atoms with Crippen LogP contribution >= 0.6 is 11.8 Å². The van der Waals surface area contributed by atoms with Crippen molar-refractivity contribution in [2.24, 2.45) is 0 Å². The van der Waals surface area contributed by atoms with E-state index in [1.807, 2.05) is 24.9 Å². The van der Waals surface area contributed by atoms with Crippen LogP contribution in [0.2, 0.25) is 0 Å². The normalized spacial score (nSPS) is 29.7. The minimum absolute atomic E-state index is 0.0260. The topological polar surface area (TPSA) is 30.5 Å². The average molecular weight is 279 g/mol. The molecule has 0 bridgehead atoms. The molecule has 3 nitrogen and oxygen atoms in total. The maximum atomic E-state index is 6.38.